The Labute approximate surface area is 126 Å². The Hall–Kier alpha value is -1.69. The summed E-state index contributed by atoms with van der Waals surface area (Å²) in [5, 5.41) is 0.607. The lowest BCUT2D eigenvalue weighted by Gasteiger charge is -2.09. The van der Waals surface area contributed by atoms with Crippen molar-refractivity contribution in [2.24, 2.45) is 5.84 Å². The van der Waals surface area contributed by atoms with Gasteiger partial charge in [0, 0.05) is 21.9 Å². The standard InChI is InChI=1S/C14H14ClN3OS/c15-12-7-10(16)5-6-13(12)20-8-9-3-1-2-4-11(9)14(19)18-17/h1-7H,8,16-17H2,(H,18,19). The number of hydrogen-bond acceptors (Lipinski definition) is 4. The summed E-state index contributed by atoms with van der Waals surface area (Å²) in [6, 6.07) is 12.7. The second-order valence-corrected chi connectivity index (χ2v) is 5.53. The van der Waals surface area contributed by atoms with Gasteiger partial charge in [-0.05, 0) is 29.8 Å². The number of nitrogens with one attached hydrogen (secondary N) is 1. The number of nitrogen functional groups attached to an aromatic ring is 2. The van der Waals surface area contributed by atoms with E-state index in [1.165, 1.54) is 0 Å². The van der Waals surface area contributed by atoms with Crippen molar-refractivity contribution >= 4 is 35.0 Å². The normalized spacial score (nSPS) is 10.3. The Balaban J connectivity index is 2.17. The molecule has 2 aromatic rings. The number of amides is 1. The summed E-state index contributed by atoms with van der Waals surface area (Å²) in [7, 11) is 0. The van der Waals surface area contributed by atoms with Crippen molar-refractivity contribution in [3.05, 3.63) is 58.6 Å². The number of halogens is 1. The Kier molecular flexibility index (Phi) is 4.89. The molecule has 1 amide bonds. The molecule has 20 heavy (non-hydrogen) atoms. The molecule has 0 aromatic heterocycles. The van der Waals surface area contributed by atoms with Crippen LogP contribution >= 0.6 is 23.4 Å². The fourth-order valence-electron chi connectivity index (χ4n) is 1.74. The van der Waals surface area contributed by atoms with E-state index in [9.17, 15) is 4.79 Å². The zero-order chi connectivity index (χ0) is 14.5. The number of thioether (sulfide) groups is 1. The fourth-order valence-corrected chi connectivity index (χ4v) is 3.01. The van der Waals surface area contributed by atoms with Crippen LogP contribution in [0.5, 0.6) is 0 Å². The van der Waals surface area contributed by atoms with Crippen LogP contribution in [0.15, 0.2) is 47.4 Å². The number of carbonyl (C=O) groups is 1. The minimum atomic E-state index is -0.301. The highest BCUT2D eigenvalue weighted by atomic mass is 35.5. The average Bonchev–Trinajstić information content (AvgIpc) is 2.46. The number of nitrogens with two attached hydrogens (primary N) is 2. The predicted octanol–water partition coefficient (Wildman–Crippen LogP) is 2.82. The minimum absolute atomic E-state index is 0.301. The maximum atomic E-state index is 11.7. The van der Waals surface area contributed by atoms with E-state index in [2.05, 4.69) is 5.43 Å². The topological polar surface area (TPSA) is 81.1 Å². The molecule has 2 aromatic carbocycles. The highest BCUT2D eigenvalue weighted by molar-refractivity contribution is 7.98. The van der Waals surface area contributed by atoms with E-state index < -0.39 is 0 Å². The Morgan fingerprint density at radius 3 is 2.70 bits per heavy atom. The summed E-state index contributed by atoms with van der Waals surface area (Å²) in [4.78, 5) is 12.6. The zero-order valence-electron chi connectivity index (χ0n) is 10.6. The Bertz CT molecular complexity index is 634. The molecule has 0 bridgehead atoms. The van der Waals surface area contributed by atoms with Crippen LogP contribution in [0, 0.1) is 0 Å². The average molecular weight is 308 g/mol. The van der Waals surface area contributed by atoms with Crippen LogP contribution in [0.3, 0.4) is 0 Å². The minimum Gasteiger partial charge on any atom is -0.399 e. The fraction of sp³-hybridized carbons (Fsp3) is 0.0714. The number of carbonyl (C=O) groups excluding carboxylic acids is 1. The lowest BCUT2D eigenvalue weighted by molar-refractivity contribution is 0.0953. The lowest BCUT2D eigenvalue weighted by atomic mass is 10.1. The van der Waals surface area contributed by atoms with E-state index in [1.807, 2.05) is 18.2 Å². The lowest BCUT2D eigenvalue weighted by Crippen LogP contribution is -2.30. The van der Waals surface area contributed by atoms with E-state index in [0.29, 0.717) is 22.0 Å². The van der Waals surface area contributed by atoms with Gasteiger partial charge in [-0.3, -0.25) is 10.2 Å². The van der Waals surface area contributed by atoms with Crippen molar-refractivity contribution in [2.75, 3.05) is 5.73 Å². The molecular weight excluding hydrogens is 294 g/mol. The summed E-state index contributed by atoms with van der Waals surface area (Å²) in [5.41, 5.74) is 9.89. The van der Waals surface area contributed by atoms with Crippen molar-refractivity contribution in [1.29, 1.82) is 0 Å². The summed E-state index contributed by atoms with van der Waals surface area (Å²) in [6.07, 6.45) is 0. The summed E-state index contributed by atoms with van der Waals surface area (Å²) < 4.78 is 0. The number of hydrazine groups is 1. The highest BCUT2D eigenvalue weighted by Crippen LogP contribution is 2.31. The molecule has 0 spiro atoms. The largest absolute Gasteiger partial charge is 0.399 e. The number of anilines is 1. The Morgan fingerprint density at radius 1 is 1.25 bits per heavy atom. The van der Waals surface area contributed by atoms with Crippen molar-refractivity contribution in [3.8, 4) is 0 Å². The second kappa shape index (κ2) is 6.65. The van der Waals surface area contributed by atoms with Crippen molar-refractivity contribution in [1.82, 2.24) is 5.43 Å². The maximum absolute atomic E-state index is 11.7. The monoisotopic (exact) mass is 307 g/mol. The van der Waals surface area contributed by atoms with Gasteiger partial charge in [-0.15, -0.1) is 11.8 Å². The van der Waals surface area contributed by atoms with Gasteiger partial charge in [0.15, 0.2) is 0 Å². The maximum Gasteiger partial charge on any atom is 0.265 e. The van der Waals surface area contributed by atoms with Gasteiger partial charge in [0.2, 0.25) is 0 Å². The van der Waals surface area contributed by atoms with E-state index in [-0.39, 0.29) is 5.91 Å². The molecule has 6 heteroatoms. The summed E-state index contributed by atoms with van der Waals surface area (Å²) in [6.45, 7) is 0. The first-order chi connectivity index (χ1) is 9.61. The third-order valence-electron chi connectivity index (χ3n) is 2.73. The van der Waals surface area contributed by atoms with Crippen LogP contribution in [0.25, 0.3) is 0 Å². The van der Waals surface area contributed by atoms with Crippen LogP contribution in [-0.2, 0) is 5.75 Å². The molecule has 0 atom stereocenters. The smallest absolute Gasteiger partial charge is 0.265 e. The predicted molar refractivity (Wildman–Crippen MR) is 83.5 cm³/mol. The molecule has 0 aliphatic carbocycles. The number of hydrogen-bond donors (Lipinski definition) is 3. The van der Waals surface area contributed by atoms with E-state index in [1.54, 1.807) is 36.0 Å². The van der Waals surface area contributed by atoms with Gasteiger partial charge in [-0.2, -0.15) is 0 Å². The first-order valence-corrected chi connectivity index (χ1v) is 7.25. The van der Waals surface area contributed by atoms with Gasteiger partial charge < -0.3 is 5.73 Å². The second-order valence-electron chi connectivity index (χ2n) is 4.11. The van der Waals surface area contributed by atoms with Crippen LogP contribution in [0.4, 0.5) is 5.69 Å². The molecule has 0 heterocycles. The van der Waals surface area contributed by atoms with Crippen LogP contribution in [0.1, 0.15) is 15.9 Å². The molecule has 2 rings (SSSR count). The van der Waals surface area contributed by atoms with Gasteiger partial charge in [0.1, 0.15) is 0 Å². The van der Waals surface area contributed by atoms with Gasteiger partial charge in [0.25, 0.3) is 5.91 Å². The van der Waals surface area contributed by atoms with Crippen molar-refractivity contribution in [3.63, 3.8) is 0 Å². The third kappa shape index (κ3) is 3.45. The molecule has 0 unspecified atom stereocenters. The summed E-state index contributed by atoms with van der Waals surface area (Å²) >= 11 is 7.67. The van der Waals surface area contributed by atoms with E-state index >= 15 is 0 Å². The number of benzene rings is 2. The molecule has 0 radical (unpaired) electrons. The van der Waals surface area contributed by atoms with Gasteiger partial charge in [-0.25, -0.2) is 5.84 Å². The van der Waals surface area contributed by atoms with Crippen molar-refractivity contribution < 1.29 is 4.79 Å². The van der Waals surface area contributed by atoms with Crippen molar-refractivity contribution in [2.45, 2.75) is 10.6 Å². The molecule has 0 saturated heterocycles. The highest BCUT2D eigenvalue weighted by Gasteiger charge is 2.10. The third-order valence-corrected chi connectivity index (χ3v) is 4.28. The molecule has 0 aliphatic heterocycles. The molecule has 4 nitrogen and oxygen atoms in total. The first kappa shape index (κ1) is 14.7. The van der Waals surface area contributed by atoms with Crippen LogP contribution in [-0.4, -0.2) is 5.91 Å². The molecule has 5 N–H and O–H groups in total. The SMILES string of the molecule is NNC(=O)c1ccccc1CSc1ccc(N)cc1Cl. The first-order valence-electron chi connectivity index (χ1n) is 5.88. The van der Waals surface area contributed by atoms with Gasteiger partial charge >= 0.3 is 0 Å². The van der Waals surface area contributed by atoms with Gasteiger partial charge in [0.05, 0.1) is 5.02 Å². The summed E-state index contributed by atoms with van der Waals surface area (Å²) in [5.74, 6) is 5.50. The Morgan fingerprint density at radius 2 is 2.00 bits per heavy atom. The number of rotatable bonds is 4. The molecule has 0 fully saturated rings. The van der Waals surface area contributed by atoms with Gasteiger partial charge in [-0.1, -0.05) is 29.8 Å². The molecule has 0 saturated carbocycles. The molecule has 0 aliphatic rings. The van der Waals surface area contributed by atoms with Crippen LogP contribution in [0.2, 0.25) is 5.02 Å². The quantitative estimate of drug-likeness (QED) is 0.267. The van der Waals surface area contributed by atoms with Crippen LogP contribution < -0.4 is 17.0 Å². The zero-order valence-corrected chi connectivity index (χ0v) is 12.2. The van der Waals surface area contributed by atoms with E-state index in [0.717, 1.165) is 10.5 Å². The van der Waals surface area contributed by atoms with E-state index in [4.69, 9.17) is 23.2 Å². The molecular formula is C14H14ClN3OS. The molecule has 104 valence electrons.